The second kappa shape index (κ2) is 6.54. The van der Waals surface area contributed by atoms with Crippen LogP contribution in [0.5, 0.6) is 0 Å². The Morgan fingerprint density at radius 3 is 2.35 bits per heavy atom. The summed E-state index contributed by atoms with van der Waals surface area (Å²) < 4.78 is 13.3. The Hall–Kier alpha value is -0.900. The van der Waals surface area contributed by atoms with Crippen molar-refractivity contribution < 1.29 is 14.0 Å². The van der Waals surface area contributed by atoms with Crippen LogP contribution < -0.4 is 0 Å². The highest BCUT2D eigenvalue weighted by atomic mass is 16.7. The predicted molar refractivity (Wildman–Crippen MR) is 95.0 cm³/mol. The molecule has 0 spiro atoms. The Labute approximate surface area is 142 Å². The molecule has 0 N–H and O–H groups in total. The van der Waals surface area contributed by atoms with E-state index in [1.807, 2.05) is 0 Å². The standard InChI is InChI=1S/C20H34NO2/c1-16-13-20(4,5)23-18(22-16)19(2,3)15-21(6,7)14-17-11-9-8-10-12-17/h8-12,16,18H,13-15H2,1-7H3/q+1. The van der Waals surface area contributed by atoms with Gasteiger partial charge in [-0.2, -0.15) is 0 Å². The van der Waals surface area contributed by atoms with E-state index in [1.54, 1.807) is 0 Å². The van der Waals surface area contributed by atoms with Gasteiger partial charge in [0.1, 0.15) is 6.54 Å². The summed E-state index contributed by atoms with van der Waals surface area (Å²) in [5.74, 6) is 0. The first-order valence-corrected chi connectivity index (χ1v) is 8.68. The van der Waals surface area contributed by atoms with Crippen LogP contribution in [-0.2, 0) is 16.0 Å². The minimum absolute atomic E-state index is 0.0514. The minimum atomic E-state index is -0.158. The molecule has 2 unspecified atom stereocenters. The molecule has 0 aliphatic carbocycles. The smallest absolute Gasteiger partial charge is 0.169 e. The van der Waals surface area contributed by atoms with Crippen molar-refractivity contribution in [2.24, 2.45) is 5.41 Å². The van der Waals surface area contributed by atoms with Crippen molar-refractivity contribution in [3.63, 3.8) is 0 Å². The van der Waals surface area contributed by atoms with E-state index in [9.17, 15) is 0 Å². The van der Waals surface area contributed by atoms with Crippen LogP contribution >= 0.6 is 0 Å². The van der Waals surface area contributed by atoms with Crippen molar-refractivity contribution in [1.29, 1.82) is 0 Å². The van der Waals surface area contributed by atoms with Crippen LogP contribution in [0.1, 0.15) is 46.6 Å². The fourth-order valence-corrected chi connectivity index (χ4v) is 3.97. The van der Waals surface area contributed by atoms with E-state index in [0.717, 1.165) is 24.0 Å². The SMILES string of the molecule is CC1CC(C)(C)OC(C(C)(C)C[N+](C)(C)Cc2ccccc2)O1. The molecule has 2 rings (SSSR count). The minimum Gasteiger partial charge on any atom is -0.349 e. The molecule has 0 radical (unpaired) electrons. The Balaban J connectivity index is 2.07. The normalized spacial score (nSPS) is 25.3. The van der Waals surface area contributed by atoms with Crippen molar-refractivity contribution in [3.8, 4) is 0 Å². The maximum Gasteiger partial charge on any atom is 0.169 e. The van der Waals surface area contributed by atoms with Crippen molar-refractivity contribution >= 4 is 0 Å². The van der Waals surface area contributed by atoms with Crippen LogP contribution in [0.15, 0.2) is 30.3 Å². The summed E-state index contributed by atoms with van der Waals surface area (Å²) in [4.78, 5) is 0. The highest BCUT2D eigenvalue weighted by Crippen LogP contribution is 2.37. The summed E-state index contributed by atoms with van der Waals surface area (Å²) in [6, 6.07) is 10.7. The van der Waals surface area contributed by atoms with E-state index in [2.05, 4.69) is 79.0 Å². The fraction of sp³-hybridized carbons (Fsp3) is 0.700. The molecule has 23 heavy (non-hydrogen) atoms. The highest BCUT2D eigenvalue weighted by Gasteiger charge is 2.44. The van der Waals surface area contributed by atoms with E-state index < -0.39 is 0 Å². The Morgan fingerprint density at radius 1 is 1.17 bits per heavy atom. The van der Waals surface area contributed by atoms with Crippen molar-refractivity contribution in [2.75, 3.05) is 20.6 Å². The average molecular weight is 320 g/mol. The van der Waals surface area contributed by atoms with Crippen LogP contribution in [-0.4, -0.2) is 43.1 Å². The quantitative estimate of drug-likeness (QED) is 0.756. The van der Waals surface area contributed by atoms with Crippen LogP contribution in [0.3, 0.4) is 0 Å². The summed E-state index contributed by atoms with van der Waals surface area (Å²) in [6.45, 7) is 13.0. The molecule has 1 aliphatic heterocycles. The second-order valence-electron chi connectivity index (χ2n) is 9.09. The number of nitrogens with zero attached hydrogens (tertiary/aromatic N) is 1. The highest BCUT2D eigenvalue weighted by molar-refractivity contribution is 5.13. The molecule has 0 aromatic heterocycles. The molecule has 0 saturated carbocycles. The Bertz CT molecular complexity index is 508. The first kappa shape index (κ1) is 18.4. The van der Waals surface area contributed by atoms with Gasteiger partial charge in [-0.1, -0.05) is 30.3 Å². The molecule has 1 heterocycles. The van der Waals surface area contributed by atoms with Crippen LogP contribution in [0.25, 0.3) is 0 Å². The van der Waals surface area contributed by atoms with Gasteiger partial charge in [0.05, 0.1) is 37.8 Å². The molecule has 130 valence electrons. The zero-order valence-corrected chi connectivity index (χ0v) is 15.9. The largest absolute Gasteiger partial charge is 0.349 e. The van der Waals surface area contributed by atoms with Crippen LogP contribution in [0.4, 0.5) is 0 Å². The van der Waals surface area contributed by atoms with Gasteiger partial charge in [-0.3, -0.25) is 0 Å². The maximum atomic E-state index is 6.27. The zero-order valence-electron chi connectivity index (χ0n) is 15.9. The van der Waals surface area contributed by atoms with E-state index in [-0.39, 0.29) is 23.4 Å². The van der Waals surface area contributed by atoms with E-state index in [4.69, 9.17) is 9.47 Å². The third kappa shape index (κ3) is 5.30. The van der Waals surface area contributed by atoms with E-state index >= 15 is 0 Å². The number of hydrogen-bond acceptors (Lipinski definition) is 2. The molecule has 2 atom stereocenters. The molecule has 1 aliphatic rings. The third-order valence-electron chi connectivity index (χ3n) is 4.49. The summed E-state index contributed by atoms with van der Waals surface area (Å²) in [7, 11) is 4.57. The summed E-state index contributed by atoms with van der Waals surface area (Å²) >= 11 is 0. The van der Waals surface area contributed by atoms with Gasteiger partial charge >= 0.3 is 0 Å². The summed E-state index contributed by atoms with van der Waals surface area (Å²) in [6.07, 6.45) is 1.03. The topological polar surface area (TPSA) is 18.5 Å². The van der Waals surface area contributed by atoms with Gasteiger partial charge < -0.3 is 14.0 Å². The lowest BCUT2D eigenvalue weighted by atomic mass is 9.88. The first-order valence-electron chi connectivity index (χ1n) is 8.68. The molecule has 3 nitrogen and oxygen atoms in total. The third-order valence-corrected chi connectivity index (χ3v) is 4.49. The number of rotatable bonds is 5. The fourth-order valence-electron chi connectivity index (χ4n) is 3.97. The number of hydrogen-bond donors (Lipinski definition) is 0. The number of benzene rings is 1. The van der Waals surface area contributed by atoms with Gasteiger partial charge in [-0.15, -0.1) is 0 Å². The molecular weight excluding hydrogens is 286 g/mol. The van der Waals surface area contributed by atoms with Gasteiger partial charge in [-0.05, 0) is 34.6 Å². The first-order chi connectivity index (χ1) is 10.5. The van der Waals surface area contributed by atoms with Crippen molar-refractivity contribution in [1.82, 2.24) is 0 Å². The lowest BCUT2D eigenvalue weighted by Gasteiger charge is -2.47. The maximum absolute atomic E-state index is 6.27. The van der Waals surface area contributed by atoms with E-state index in [1.165, 1.54) is 5.56 Å². The molecule has 1 aromatic carbocycles. The lowest BCUT2D eigenvalue weighted by Crippen LogP contribution is -2.55. The summed E-state index contributed by atoms with van der Waals surface area (Å²) in [5.41, 5.74) is 1.20. The van der Waals surface area contributed by atoms with Gasteiger partial charge in [-0.25, -0.2) is 0 Å². The second-order valence-corrected chi connectivity index (χ2v) is 9.09. The monoisotopic (exact) mass is 320 g/mol. The molecular formula is C20H34NO2+. The van der Waals surface area contributed by atoms with Crippen LogP contribution in [0, 0.1) is 5.41 Å². The molecule has 1 fully saturated rings. The van der Waals surface area contributed by atoms with Crippen molar-refractivity contribution in [2.45, 2.75) is 65.6 Å². The van der Waals surface area contributed by atoms with Gasteiger partial charge in [0.2, 0.25) is 0 Å². The molecule has 3 heteroatoms. The Kier molecular flexibility index (Phi) is 5.24. The summed E-state index contributed by atoms with van der Waals surface area (Å²) in [5, 5.41) is 0. The Morgan fingerprint density at radius 2 is 1.78 bits per heavy atom. The zero-order chi connectivity index (χ0) is 17.3. The number of quaternary nitrogens is 1. The molecule has 1 saturated heterocycles. The average Bonchev–Trinajstić information content (AvgIpc) is 2.35. The molecule has 0 amide bonds. The van der Waals surface area contributed by atoms with E-state index in [0.29, 0.717) is 0 Å². The lowest BCUT2D eigenvalue weighted by molar-refractivity contribution is -0.910. The predicted octanol–water partition coefficient (Wildman–Crippen LogP) is 4.22. The van der Waals surface area contributed by atoms with Crippen LogP contribution in [0.2, 0.25) is 0 Å². The van der Waals surface area contributed by atoms with Gasteiger partial charge in [0.15, 0.2) is 6.29 Å². The van der Waals surface area contributed by atoms with Gasteiger partial charge in [0.25, 0.3) is 0 Å². The van der Waals surface area contributed by atoms with Crippen molar-refractivity contribution in [3.05, 3.63) is 35.9 Å². The molecule has 1 aromatic rings. The van der Waals surface area contributed by atoms with Gasteiger partial charge in [0, 0.05) is 12.0 Å². The molecule has 0 bridgehead atoms. The number of ether oxygens (including phenoxy) is 2.